The monoisotopic (exact) mass is 197 g/mol. The molecule has 0 bridgehead atoms. The van der Waals surface area contributed by atoms with Crippen molar-refractivity contribution in [2.24, 2.45) is 5.73 Å². The maximum atomic E-state index is 10.5. The van der Waals surface area contributed by atoms with Crippen LogP contribution in [0.25, 0.3) is 0 Å². The third-order valence-corrected chi connectivity index (χ3v) is 1.65. The minimum atomic E-state index is -1.09. The van der Waals surface area contributed by atoms with Crippen LogP contribution in [-0.2, 0) is 4.79 Å². The molecule has 1 atom stereocenters. The summed E-state index contributed by atoms with van der Waals surface area (Å²) in [6.07, 6.45) is 4.64. The molecule has 0 rings (SSSR count). The third-order valence-electron chi connectivity index (χ3n) is 1.65. The van der Waals surface area contributed by atoms with Crippen molar-refractivity contribution in [3.63, 3.8) is 0 Å². The van der Waals surface area contributed by atoms with Crippen molar-refractivity contribution < 1.29 is 15.0 Å². The molecule has 0 spiro atoms. The second-order valence-corrected chi connectivity index (χ2v) is 2.76. The van der Waals surface area contributed by atoms with Crippen molar-refractivity contribution in [3.8, 4) is 0 Å². The second kappa shape index (κ2) is 5.99. The lowest BCUT2D eigenvalue weighted by atomic mass is 10.0. The number of hydrogen-bond donors (Lipinski definition) is 3. The molecular weight excluding hydrogens is 182 g/mol. The first-order chi connectivity index (χ1) is 6.52. The van der Waals surface area contributed by atoms with Crippen molar-refractivity contribution >= 4 is 5.97 Å². The van der Waals surface area contributed by atoms with Crippen LogP contribution >= 0.6 is 0 Å². The van der Waals surface area contributed by atoms with E-state index in [1.54, 1.807) is 19.1 Å². The zero-order chi connectivity index (χ0) is 11.1. The molecule has 0 aliphatic carbocycles. The Morgan fingerprint density at radius 3 is 2.50 bits per heavy atom. The van der Waals surface area contributed by atoms with Gasteiger partial charge in [0, 0.05) is 6.42 Å². The summed E-state index contributed by atoms with van der Waals surface area (Å²) in [5, 5.41) is 17.9. The number of allylic oxidation sites excluding steroid dienone is 3. The lowest BCUT2D eigenvalue weighted by molar-refractivity contribution is -0.138. The average Bonchev–Trinajstić information content (AvgIpc) is 2.15. The highest BCUT2D eigenvalue weighted by Gasteiger charge is 2.14. The Kier molecular flexibility index (Phi) is 5.33. The minimum absolute atomic E-state index is 0.0419. The van der Waals surface area contributed by atoms with Crippen LogP contribution in [0.5, 0.6) is 0 Å². The van der Waals surface area contributed by atoms with Gasteiger partial charge in [0.15, 0.2) is 0 Å². The van der Waals surface area contributed by atoms with E-state index in [1.807, 2.05) is 0 Å². The number of aliphatic carboxylic acids is 1. The Morgan fingerprint density at radius 2 is 2.14 bits per heavy atom. The second-order valence-electron chi connectivity index (χ2n) is 2.76. The Morgan fingerprint density at radius 1 is 1.57 bits per heavy atom. The van der Waals surface area contributed by atoms with E-state index in [0.717, 1.165) is 0 Å². The zero-order valence-electron chi connectivity index (χ0n) is 8.10. The van der Waals surface area contributed by atoms with Gasteiger partial charge in [0.2, 0.25) is 0 Å². The van der Waals surface area contributed by atoms with E-state index < -0.39 is 12.0 Å². The Bertz CT molecular complexity index is 279. The Labute approximate surface area is 83.0 Å². The van der Waals surface area contributed by atoms with E-state index >= 15 is 0 Å². The zero-order valence-corrected chi connectivity index (χ0v) is 8.10. The molecule has 0 aliphatic heterocycles. The maximum absolute atomic E-state index is 10.5. The fraction of sp³-hybridized carbons (Fsp3) is 0.300. The molecule has 78 valence electrons. The summed E-state index contributed by atoms with van der Waals surface area (Å²) in [6, 6.07) is -1.01. The van der Waals surface area contributed by atoms with Crippen LogP contribution in [0.2, 0.25) is 0 Å². The number of aliphatic hydroxyl groups excluding tert-OH is 1. The van der Waals surface area contributed by atoms with Gasteiger partial charge in [-0.25, -0.2) is 0 Å². The van der Waals surface area contributed by atoms with E-state index in [0.29, 0.717) is 5.57 Å². The molecule has 4 nitrogen and oxygen atoms in total. The van der Waals surface area contributed by atoms with E-state index in [1.165, 1.54) is 6.08 Å². The van der Waals surface area contributed by atoms with Crippen LogP contribution in [0.3, 0.4) is 0 Å². The smallest absolute Gasteiger partial charge is 0.320 e. The van der Waals surface area contributed by atoms with Gasteiger partial charge in [-0.05, 0) is 18.6 Å². The van der Waals surface area contributed by atoms with Gasteiger partial charge in [0.1, 0.15) is 11.8 Å². The molecule has 0 aliphatic rings. The van der Waals surface area contributed by atoms with E-state index in [4.69, 9.17) is 10.8 Å². The number of aliphatic hydroxyl groups is 1. The standard InChI is InChI=1S/C10H15NO3/c1-3-5-7(9(12)4-2)6-8(11)10(13)14/h3-5,8,12H,2,6,11H2,1H3,(H,13,14)/b5-3-,9-7-. The van der Waals surface area contributed by atoms with Gasteiger partial charge in [-0.3, -0.25) is 4.79 Å². The summed E-state index contributed by atoms with van der Waals surface area (Å²) in [5.74, 6) is -1.14. The highest BCUT2D eigenvalue weighted by Crippen LogP contribution is 2.11. The number of hydrogen-bond acceptors (Lipinski definition) is 3. The number of carboxylic acids is 1. The Hall–Kier alpha value is -1.55. The topological polar surface area (TPSA) is 83.5 Å². The largest absolute Gasteiger partial charge is 0.508 e. The van der Waals surface area contributed by atoms with E-state index in [-0.39, 0.29) is 12.2 Å². The molecule has 0 amide bonds. The summed E-state index contributed by atoms with van der Waals surface area (Å²) >= 11 is 0. The van der Waals surface area contributed by atoms with Gasteiger partial charge in [-0.1, -0.05) is 18.7 Å². The van der Waals surface area contributed by atoms with Crippen LogP contribution in [0.4, 0.5) is 0 Å². The molecule has 0 aromatic carbocycles. The summed E-state index contributed by atoms with van der Waals surface area (Å²) in [5.41, 5.74) is 5.80. The molecule has 1 unspecified atom stereocenters. The highest BCUT2D eigenvalue weighted by atomic mass is 16.4. The normalized spacial score (nSPS) is 15.0. The summed E-state index contributed by atoms with van der Waals surface area (Å²) in [6.45, 7) is 5.15. The van der Waals surface area contributed by atoms with Crippen LogP contribution in [0.1, 0.15) is 13.3 Å². The number of nitrogens with two attached hydrogens (primary N) is 1. The van der Waals surface area contributed by atoms with Crippen molar-refractivity contribution in [2.45, 2.75) is 19.4 Å². The molecule has 0 aromatic rings. The van der Waals surface area contributed by atoms with Crippen molar-refractivity contribution in [1.29, 1.82) is 0 Å². The molecule has 0 aromatic heterocycles. The van der Waals surface area contributed by atoms with Gasteiger partial charge in [-0.2, -0.15) is 0 Å². The number of carboxylic acid groups (broad SMARTS) is 1. The molecule has 0 saturated carbocycles. The fourth-order valence-corrected chi connectivity index (χ4v) is 0.915. The van der Waals surface area contributed by atoms with Gasteiger partial charge in [0.05, 0.1) is 0 Å². The number of carbonyl (C=O) groups is 1. The van der Waals surface area contributed by atoms with Crippen molar-refractivity contribution in [3.05, 3.63) is 36.1 Å². The van der Waals surface area contributed by atoms with Gasteiger partial charge >= 0.3 is 5.97 Å². The molecule has 0 fully saturated rings. The predicted molar refractivity (Wildman–Crippen MR) is 54.9 cm³/mol. The molecule has 14 heavy (non-hydrogen) atoms. The van der Waals surface area contributed by atoms with Gasteiger partial charge in [-0.15, -0.1) is 0 Å². The summed E-state index contributed by atoms with van der Waals surface area (Å²) < 4.78 is 0. The lowest BCUT2D eigenvalue weighted by Crippen LogP contribution is -2.30. The molecule has 0 saturated heterocycles. The first-order valence-corrected chi connectivity index (χ1v) is 4.18. The van der Waals surface area contributed by atoms with E-state index in [9.17, 15) is 9.90 Å². The van der Waals surface area contributed by atoms with Crippen LogP contribution in [0, 0.1) is 0 Å². The Balaban J connectivity index is 4.71. The molecular formula is C10H15NO3. The quantitative estimate of drug-likeness (QED) is 0.459. The fourth-order valence-electron chi connectivity index (χ4n) is 0.915. The molecule has 4 N–H and O–H groups in total. The third kappa shape index (κ3) is 3.91. The molecule has 0 heterocycles. The van der Waals surface area contributed by atoms with Crippen molar-refractivity contribution in [2.75, 3.05) is 0 Å². The van der Waals surface area contributed by atoms with Crippen LogP contribution in [-0.4, -0.2) is 22.2 Å². The summed E-state index contributed by atoms with van der Waals surface area (Å²) in [7, 11) is 0. The van der Waals surface area contributed by atoms with Gasteiger partial charge in [0.25, 0.3) is 0 Å². The van der Waals surface area contributed by atoms with Gasteiger partial charge < -0.3 is 15.9 Å². The minimum Gasteiger partial charge on any atom is -0.508 e. The lowest BCUT2D eigenvalue weighted by Gasteiger charge is -2.08. The van der Waals surface area contributed by atoms with Crippen LogP contribution in [0.15, 0.2) is 36.1 Å². The highest BCUT2D eigenvalue weighted by molar-refractivity contribution is 5.73. The SMILES string of the molecule is C=C/C(O)=C(\C=C/C)CC(N)C(=O)O. The average molecular weight is 197 g/mol. The summed E-state index contributed by atoms with van der Waals surface area (Å²) in [4.78, 5) is 10.5. The maximum Gasteiger partial charge on any atom is 0.320 e. The molecule has 0 radical (unpaired) electrons. The van der Waals surface area contributed by atoms with Crippen molar-refractivity contribution in [1.82, 2.24) is 0 Å². The molecule has 4 heteroatoms. The van der Waals surface area contributed by atoms with Crippen LogP contribution < -0.4 is 5.73 Å². The first-order valence-electron chi connectivity index (χ1n) is 4.18. The number of rotatable bonds is 5. The first kappa shape index (κ1) is 12.4. The van der Waals surface area contributed by atoms with E-state index in [2.05, 4.69) is 6.58 Å². The predicted octanol–water partition coefficient (Wildman–Crippen LogP) is 1.36.